The molecule has 6 heterocycles. The molecule has 338 valence electrons. The number of halogens is 2. The standard InChI is InChI=1S/C51H48ClFN6O6S/c1-3-63-51(62)42-27-35-25-32(11-18-41(35)64-29-37-19-20-54-48(57-37)39-9-5-6-10-40(39)60)26-43(61)59(24-23-58-21-7-4-8-22-58)28-34-14-17-38(31(2)46(34)52)44-45-49(65-42)55-30-56-50(45)66-47(44)33-12-15-36(53)16-13-33/h5-6,9-20,25,30,42,60H,3-4,7-8,21-24,26-29H2,1-2H3/t42-/m1/s1. The highest BCUT2D eigenvalue weighted by Gasteiger charge is 2.30. The zero-order valence-corrected chi connectivity index (χ0v) is 38.2. The molecule has 15 heteroatoms. The SMILES string of the molecule is CCOC(=O)[C@H]1Cc2cc(ccc2OCc2ccnc(-c3ccccc3O)n2)CC(=O)N(CCN2CCCCC2)Cc2ccc(c(C)c2Cl)-c2c(-c3ccc(F)cc3)sc3ncnc(c23)O1. The van der Waals surface area contributed by atoms with Gasteiger partial charge in [0, 0.05) is 47.7 Å². The van der Waals surface area contributed by atoms with Crippen LogP contribution in [-0.2, 0) is 40.3 Å². The molecule has 1 N–H and O–H groups in total. The zero-order valence-electron chi connectivity index (χ0n) is 36.6. The first-order valence-electron chi connectivity index (χ1n) is 22.1. The number of hydrogen-bond acceptors (Lipinski definition) is 12. The molecule has 0 unspecified atom stereocenters. The number of likely N-dealkylation sites (tertiary alicyclic amines) is 1. The molecule has 1 amide bonds. The Hall–Kier alpha value is -6.48. The molecule has 10 rings (SSSR count). The summed E-state index contributed by atoms with van der Waals surface area (Å²) >= 11 is 8.73. The minimum absolute atomic E-state index is 0.0171. The van der Waals surface area contributed by atoms with Gasteiger partial charge in [0.1, 0.15) is 35.1 Å². The second-order valence-electron chi connectivity index (χ2n) is 16.5. The molecule has 3 aromatic heterocycles. The molecule has 3 aliphatic heterocycles. The Kier molecular flexibility index (Phi) is 13.5. The van der Waals surface area contributed by atoms with Crippen LogP contribution >= 0.6 is 22.9 Å². The molecule has 4 aromatic carbocycles. The number of piperidine rings is 1. The maximum Gasteiger partial charge on any atom is 0.347 e. The largest absolute Gasteiger partial charge is 0.507 e. The minimum Gasteiger partial charge on any atom is -0.507 e. The molecular weight excluding hydrogens is 879 g/mol. The van der Waals surface area contributed by atoms with Crippen LogP contribution in [0.25, 0.3) is 43.2 Å². The number of nitrogens with zero attached hydrogens (tertiary/aromatic N) is 6. The van der Waals surface area contributed by atoms with Gasteiger partial charge in [-0.15, -0.1) is 11.3 Å². The fourth-order valence-corrected chi connectivity index (χ4v) is 10.0. The van der Waals surface area contributed by atoms with Crippen molar-refractivity contribution in [3.63, 3.8) is 0 Å². The van der Waals surface area contributed by atoms with Crippen molar-refractivity contribution in [1.29, 1.82) is 0 Å². The second kappa shape index (κ2) is 19.9. The molecule has 0 spiro atoms. The van der Waals surface area contributed by atoms with Gasteiger partial charge >= 0.3 is 5.97 Å². The average Bonchev–Trinajstić information content (AvgIpc) is 3.72. The highest BCUT2D eigenvalue weighted by atomic mass is 35.5. The van der Waals surface area contributed by atoms with E-state index in [0.29, 0.717) is 67.9 Å². The second-order valence-corrected chi connectivity index (χ2v) is 17.8. The molecule has 7 aromatic rings. The first-order chi connectivity index (χ1) is 32.1. The predicted octanol–water partition coefficient (Wildman–Crippen LogP) is 9.79. The van der Waals surface area contributed by atoms with Gasteiger partial charge in [-0.3, -0.25) is 4.79 Å². The van der Waals surface area contributed by atoms with E-state index in [-0.39, 0.29) is 49.4 Å². The maximum absolute atomic E-state index is 14.6. The fraction of sp³-hybridized carbons (Fsp3) is 0.294. The van der Waals surface area contributed by atoms with Crippen LogP contribution in [-0.4, -0.2) is 85.6 Å². The van der Waals surface area contributed by atoms with Crippen LogP contribution < -0.4 is 9.47 Å². The molecule has 66 heavy (non-hydrogen) atoms. The van der Waals surface area contributed by atoms with Crippen molar-refractivity contribution >= 4 is 45.0 Å². The van der Waals surface area contributed by atoms with Gasteiger partial charge in [0.15, 0.2) is 5.82 Å². The van der Waals surface area contributed by atoms with Crippen LogP contribution in [0.5, 0.6) is 17.4 Å². The van der Waals surface area contributed by atoms with Gasteiger partial charge in [-0.05, 0) is 110 Å². The van der Waals surface area contributed by atoms with Crippen LogP contribution in [0.3, 0.4) is 0 Å². The van der Waals surface area contributed by atoms with E-state index in [2.05, 4.69) is 24.8 Å². The topological polar surface area (TPSA) is 140 Å². The Bertz CT molecular complexity index is 2910. The van der Waals surface area contributed by atoms with Gasteiger partial charge < -0.3 is 29.1 Å². The van der Waals surface area contributed by atoms with E-state index in [0.717, 1.165) is 59.6 Å². The van der Waals surface area contributed by atoms with E-state index in [4.69, 9.17) is 25.8 Å². The van der Waals surface area contributed by atoms with E-state index in [1.807, 2.05) is 36.1 Å². The summed E-state index contributed by atoms with van der Waals surface area (Å²) in [6.45, 7) is 7.31. The number of carbonyl (C=O) groups is 2. The predicted molar refractivity (Wildman–Crippen MR) is 252 cm³/mol. The summed E-state index contributed by atoms with van der Waals surface area (Å²) in [7, 11) is 0. The first kappa shape index (κ1) is 44.7. The van der Waals surface area contributed by atoms with Crippen LogP contribution in [0.4, 0.5) is 4.39 Å². The van der Waals surface area contributed by atoms with Gasteiger partial charge in [0.05, 0.1) is 29.7 Å². The van der Waals surface area contributed by atoms with Crippen molar-refractivity contribution < 1.29 is 33.3 Å². The molecule has 1 saturated heterocycles. The number of aromatic nitrogens is 4. The van der Waals surface area contributed by atoms with E-state index in [1.54, 1.807) is 61.7 Å². The summed E-state index contributed by atoms with van der Waals surface area (Å²) in [6, 6.07) is 24.3. The smallest absolute Gasteiger partial charge is 0.347 e. The van der Waals surface area contributed by atoms with Crippen LogP contribution in [0.2, 0.25) is 5.02 Å². The van der Waals surface area contributed by atoms with Crippen molar-refractivity contribution in [2.75, 3.05) is 32.8 Å². The van der Waals surface area contributed by atoms with E-state index >= 15 is 0 Å². The summed E-state index contributed by atoms with van der Waals surface area (Å²) < 4.78 is 33.2. The number of para-hydroxylation sites is 1. The minimum atomic E-state index is -1.23. The number of benzene rings is 4. The number of esters is 1. The number of hydrogen-bond donors (Lipinski definition) is 1. The Morgan fingerprint density at radius 3 is 2.58 bits per heavy atom. The van der Waals surface area contributed by atoms with Gasteiger partial charge in [0.2, 0.25) is 17.9 Å². The van der Waals surface area contributed by atoms with E-state index < -0.39 is 12.1 Å². The number of phenols is 1. The van der Waals surface area contributed by atoms with Crippen molar-refractivity contribution in [3.8, 4) is 50.3 Å². The third-order valence-corrected chi connectivity index (χ3v) is 13.7. The number of fused-ring (bicyclic) bond motifs is 7. The van der Waals surface area contributed by atoms with Gasteiger partial charge in [-0.1, -0.05) is 66.6 Å². The highest BCUT2D eigenvalue weighted by Crippen LogP contribution is 2.49. The fourth-order valence-electron chi connectivity index (χ4n) is 8.63. The van der Waals surface area contributed by atoms with Gasteiger partial charge in [0.25, 0.3) is 0 Å². The molecule has 0 saturated carbocycles. The monoisotopic (exact) mass is 926 g/mol. The van der Waals surface area contributed by atoms with Crippen molar-refractivity contribution in [1.82, 2.24) is 29.7 Å². The lowest BCUT2D eigenvalue weighted by molar-refractivity contribution is -0.151. The lowest BCUT2D eigenvalue weighted by Crippen LogP contribution is -2.40. The Morgan fingerprint density at radius 1 is 0.955 bits per heavy atom. The third kappa shape index (κ3) is 9.72. The number of rotatable bonds is 10. The maximum atomic E-state index is 14.6. The third-order valence-electron chi connectivity index (χ3n) is 12.1. The summed E-state index contributed by atoms with van der Waals surface area (Å²) in [5.41, 5.74) is 6.14. The summed E-state index contributed by atoms with van der Waals surface area (Å²) in [5.74, 6) is -0.0922. The quantitative estimate of drug-likeness (QED) is 0.131. The Balaban J connectivity index is 1.17. The lowest BCUT2D eigenvalue weighted by atomic mass is 9.94. The van der Waals surface area contributed by atoms with Gasteiger partial charge in [-0.2, -0.15) is 0 Å². The molecule has 4 bridgehead atoms. The number of phenolic OH excluding ortho intramolecular Hbond substituents is 1. The van der Waals surface area contributed by atoms with E-state index in [1.165, 1.54) is 36.2 Å². The molecule has 0 aliphatic carbocycles. The average molecular weight is 927 g/mol. The molecule has 1 atom stereocenters. The van der Waals surface area contributed by atoms with Crippen molar-refractivity contribution in [3.05, 3.63) is 136 Å². The first-order valence-corrected chi connectivity index (χ1v) is 23.3. The van der Waals surface area contributed by atoms with Crippen LogP contribution in [0.15, 0.2) is 97.5 Å². The summed E-state index contributed by atoms with van der Waals surface area (Å²) in [4.78, 5) is 52.7. The molecule has 0 radical (unpaired) electrons. The lowest BCUT2D eigenvalue weighted by Gasteiger charge is -2.30. The number of aromatic hydroxyl groups is 1. The van der Waals surface area contributed by atoms with Crippen LogP contribution in [0, 0.1) is 12.7 Å². The van der Waals surface area contributed by atoms with E-state index in [9.17, 15) is 19.1 Å². The number of ether oxygens (including phenoxy) is 3. The number of thiophene rings is 1. The van der Waals surface area contributed by atoms with Crippen molar-refractivity contribution in [2.24, 2.45) is 0 Å². The Morgan fingerprint density at radius 2 is 1.77 bits per heavy atom. The van der Waals surface area contributed by atoms with Crippen LogP contribution in [0.1, 0.15) is 54.1 Å². The van der Waals surface area contributed by atoms with Crippen molar-refractivity contribution in [2.45, 2.75) is 65.2 Å². The molecular formula is C51H48ClFN6O6S. The molecule has 3 aliphatic rings. The highest BCUT2D eigenvalue weighted by molar-refractivity contribution is 7.22. The molecule has 1 fully saturated rings. The number of amides is 1. The zero-order chi connectivity index (χ0) is 45.7. The Labute approximate surface area is 391 Å². The number of carbonyl (C=O) groups excluding carboxylic acids is 2. The van der Waals surface area contributed by atoms with Gasteiger partial charge in [-0.25, -0.2) is 29.1 Å². The molecule has 12 nitrogen and oxygen atoms in total. The summed E-state index contributed by atoms with van der Waals surface area (Å²) in [6.07, 6.45) is 5.30. The normalized spacial score (nSPS) is 15.7. The summed E-state index contributed by atoms with van der Waals surface area (Å²) in [5, 5.41) is 11.6.